The Bertz CT molecular complexity index is 1270. The van der Waals surface area contributed by atoms with Gasteiger partial charge in [0.15, 0.2) is 0 Å². The molecule has 0 radical (unpaired) electrons. The van der Waals surface area contributed by atoms with Crippen molar-refractivity contribution in [2.24, 2.45) is 0 Å². The summed E-state index contributed by atoms with van der Waals surface area (Å²) in [7, 11) is -3.85. The zero-order valence-corrected chi connectivity index (χ0v) is 20.3. The molecule has 170 valence electrons. The first-order valence-electron chi connectivity index (χ1n) is 10.1. The van der Waals surface area contributed by atoms with E-state index in [9.17, 15) is 13.2 Å². The summed E-state index contributed by atoms with van der Waals surface area (Å²) >= 11 is 1.09. The smallest absolute Gasteiger partial charge is 0.335 e. The van der Waals surface area contributed by atoms with E-state index in [1.165, 1.54) is 10.4 Å². The number of hydrogen-bond acceptors (Lipinski definition) is 6. The van der Waals surface area contributed by atoms with Crippen molar-refractivity contribution in [2.75, 3.05) is 10.8 Å². The minimum atomic E-state index is -3.85. The lowest BCUT2D eigenvalue weighted by Gasteiger charge is -2.25. The number of nitrogens with zero attached hydrogens (tertiary/aromatic N) is 2. The van der Waals surface area contributed by atoms with Crippen LogP contribution in [0.5, 0.6) is 5.75 Å². The lowest BCUT2D eigenvalue weighted by molar-refractivity contribution is 0.0696. The third kappa shape index (κ3) is 4.78. The van der Waals surface area contributed by atoms with Crippen molar-refractivity contribution in [3.05, 3.63) is 69.2 Å². The van der Waals surface area contributed by atoms with Gasteiger partial charge in [0, 0.05) is 17.6 Å². The van der Waals surface area contributed by atoms with Crippen LogP contribution in [-0.4, -0.2) is 31.0 Å². The predicted octanol–water partition coefficient (Wildman–Crippen LogP) is 4.87. The molecular formula is C23H26N2O5S2. The van der Waals surface area contributed by atoms with Gasteiger partial charge in [-0.3, -0.25) is 4.31 Å². The number of aromatic nitrogens is 1. The molecular weight excluding hydrogens is 448 g/mol. The summed E-state index contributed by atoms with van der Waals surface area (Å²) < 4.78 is 34.1. The summed E-state index contributed by atoms with van der Waals surface area (Å²) in [6, 6.07) is 8.48. The van der Waals surface area contributed by atoms with E-state index >= 15 is 0 Å². The highest BCUT2D eigenvalue weighted by Gasteiger charge is 2.29. The molecule has 0 unspecified atom stereocenters. The van der Waals surface area contributed by atoms with Crippen LogP contribution in [0.4, 0.5) is 5.69 Å². The number of carbonyl (C=O) groups is 1. The summed E-state index contributed by atoms with van der Waals surface area (Å²) in [6.45, 7) is 9.60. The molecule has 1 N–H and O–H groups in total. The lowest BCUT2D eigenvalue weighted by Crippen LogP contribution is -2.31. The van der Waals surface area contributed by atoms with Gasteiger partial charge in [0.05, 0.1) is 11.3 Å². The molecule has 0 fully saturated rings. The third-order valence-electron chi connectivity index (χ3n) is 5.21. The monoisotopic (exact) mass is 474 g/mol. The zero-order chi connectivity index (χ0) is 23.6. The van der Waals surface area contributed by atoms with Crippen LogP contribution < -0.4 is 9.04 Å². The Kier molecular flexibility index (Phi) is 6.90. The number of rotatable bonds is 8. The molecule has 2 aromatic carbocycles. The summed E-state index contributed by atoms with van der Waals surface area (Å²) in [5.74, 6) is -0.549. The number of hydrogen-bond donors (Lipinski definition) is 1. The van der Waals surface area contributed by atoms with Crippen molar-refractivity contribution in [2.45, 2.75) is 45.6 Å². The average molecular weight is 475 g/mol. The van der Waals surface area contributed by atoms with Crippen molar-refractivity contribution in [1.82, 2.24) is 4.98 Å². The highest BCUT2D eigenvalue weighted by molar-refractivity contribution is 7.94. The summed E-state index contributed by atoms with van der Waals surface area (Å²) in [5, 5.41) is 10.9. The molecule has 1 aromatic heterocycles. The molecule has 0 aliphatic heterocycles. The van der Waals surface area contributed by atoms with Gasteiger partial charge in [0.1, 0.15) is 12.4 Å². The zero-order valence-electron chi connectivity index (χ0n) is 18.7. The molecule has 0 aliphatic rings. The Morgan fingerprint density at radius 3 is 2.34 bits per heavy atom. The molecule has 0 saturated carbocycles. The summed E-state index contributed by atoms with van der Waals surface area (Å²) in [6.07, 6.45) is 0. The van der Waals surface area contributed by atoms with Crippen LogP contribution in [0.25, 0.3) is 0 Å². The SMILES string of the molecule is CCN(c1cc(C)c(C)cc1OCc1ccc(C(=O)O)cc1C)S(=O)(=O)c1nc(C)cs1. The van der Waals surface area contributed by atoms with E-state index in [4.69, 9.17) is 9.84 Å². The van der Waals surface area contributed by atoms with Gasteiger partial charge >= 0.3 is 5.97 Å². The molecule has 3 rings (SSSR count). The number of carboxylic acids is 1. The topological polar surface area (TPSA) is 96.8 Å². The van der Waals surface area contributed by atoms with Crippen molar-refractivity contribution < 1.29 is 23.1 Å². The molecule has 0 atom stereocenters. The molecule has 32 heavy (non-hydrogen) atoms. The normalized spacial score (nSPS) is 11.4. The molecule has 0 amide bonds. The number of ether oxygens (including phenoxy) is 1. The molecule has 3 aromatic rings. The third-order valence-corrected chi connectivity index (χ3v) is 8.45. The van der Waals surface area contributed by atoms with Crippen molar-refractivity contribution >= 4 is 33.0 Å². The van der Waals surface area contributed by atoms with Gasteiger partial charge in [-0.25, -0.2) is 9.78 Å². The Labute approximate surface area is 192 Å². The van der Waals surface area contributed by atoms with Crippen LogP contribution in [0.1, 0.15) is 45.2 Å². The largest absolute Gasteiger partial charge is 0.487 e. The van der Waals surface area contributed by atoms with Crippen molar-refractivity contribution in [3.63, 3.8) is 0 Å². The first-order chi connectivity index (χ1) is 15.0. The van der Waals surface area contributed by atoms with Gasteiger partial charge in [-0.1, -0.05) is 6.07 Å². The number of anilines is 1. The predicted molar refractivity (Wildman–Crippen MR) is 125 cm³/mol. The Morgan fingerprint density at radius 1 is 1.09 bits per heavy atom. The van der Waals surface area contributed by atoms with E-state index in [0.717, 1.165) is 33.6 Å². The number of aromatic carboxylic acids is 1. The maximum Gasteiger partial charge on any atom is 0.335 e. The minimum Gasteiger partial charge on any atom is -0.487 e. The molecule has 0 aliphatic carbocycles. The van der Waals surface area contributed by atoms with Crippen LogP contribution in [0.15, 0.2) is 40.1 Å². The minimum absolute atomic E-state index is 0.0427. The fourth-order valence-electron chi connectivity index (χ4n) is 3.25. The highest BCUT2D eigenvalue weighted by Crippen LogP contribution is 2.36. The lowest BCUT2D eigenvalue weighted by atomic mass is 10.1. The number of carboxylic acid groups (broad SMARTS) is 1. The average Bonchev–Trinajstić information content (AvgIpc) is 3.17. The second-order valence-electron chi connectivity index (χ2n) is 7.56. The van der Waals surface area contributed by atoms with E-state index in [0.29, 0.717) is 17.1 Å². The molecule has 0 spiro atoms. The van der Waals surface area contributed by atoms with Crippen LogP contribution in [0.3, 0.4) is 0 Å². The number of thiazole rings is 1. The summed E-state index contributed by atoms with van der Waals surface area (Å²) in [4.78, 5) is 15.4. The first-order valence-corrected chi connectivity index (χ1v) is 12.4. The van der Waals surface area contributed by atoms with Crippen molar-refractivity contribution in [3.8, 4) is 5.75 Å². The maximum absolute atomic E-state index is 13.3. The van der Waals surface area contributed by atoms with Gasteiger partial charge in [0.2, 0.25) is 4.34 Å². The van der Waals surface area contributed by atoms with Gasteiger partial charge in [-0.2, -0.15) is 8.42 Å². The highest BCUT2D eigenvalue weighted by atomic mass is 32.2. The van der Waals surface area contributed by atoms with Crippen LogP contribution in [0, 0.1) is 27.7 Å². The molecule has 9 heteroatoms. The quantitative estimate of drug-likeness (QED) is 0.500. The standard InChI is InChI=1S/C23H26N2O5S2/c1-6-25(32(28,29)23-24-17(5)13-31-23)20-10-14(2)15(3)11-21(20)30-12-19-8-7-18(22(26)27)9-16(19)4/h7-11,13H,6,12H2,1-5H3,(H,26,27). The van der Waals surface area contributed by atoms with Crippen LogP contribution in [-0.2, 0) is 16.6 Å². The van der Waals surface area contributed by atoms with Crippen molar-refractivity contribution in [1.29, 1.82) is 0 Å². The fraction of sp³-hybridized carbons (Fsp3) is 0.304. The summed E-state index contributed by atoms with van der Waals surface area (Å²) in [5.41, 5.74) is 4.83. The second-order valence-corrected chi connectivity index (χ2v) is 10.5. The van der Waals surface area contributed by atoms with E-state index in [-0.39, 0.29) is 23.1 Å². The number of sulfonamides is 1. The number of aryl methyl sites for hydroxylation is 4. The molecule has 1 heterocycles. The van der Waals surface area contributed by atoms with Gasteiger partial charge < -0.3 is 9.84 Å². The van der Waals surface area contributed by atoms with E-state index < -0.39 is 16.0 Å². The first kappa shape index (κ1) is 23.7. The van der Waals surface area contributed by atoms with E-state index in [1.807, 2.05) is 32.9 Å². The Hall–Kier alpha value is -2.91. The molecule has 0 bridgehead atoms. The van der Waals surface area contributed by atoms with E-state index in [2.05, 4.69) is 4.98 Å². The Morgan fingerprint density at radius 2 is 1.78 bits per heavy atom. The number of benzene rings is 2. The van der Waals surface area contributed by atoms with Gasteiger partial charge in [0.25, 0.3) is 10.0 Å². The van der Waals surface area contributed by atoms with Gasteiger partial charge in [-0.15, -0.1) is 11.3 Å². The fourth-order valence-corrected chi connectivity index (χ4v) is 5.86. The van der Waals surface area contributed by atoms with E-state index in [1.54, 1.807) is 31.4 Å². The Balaban J connectivity index is 1.99. The second kappa shape index (κ2) is 9.30. The maximum atomic E-state index is 13.3. The van der Waals surface area contributed by atoms with Crippen LogP contribution in [0.2, 0.25) is 0 Å². The molecule has 7 nitrogen and oxygen atoms in total. The molecule has 0 saturated heterocycles. The van der Waals surface area contributed by atoms with Gasteiger partial charge in [-0.05, 0) is 81.1 Å². The van der Waals surface area contributed by atoms with Crippen LogP contribution >= 0.6 is 11.3 Å².